The third kappa shape index (κ3) is 2.01. The normalized spacial score (nSPS) is 20.4. The fourth-order valence-corrected chi connectivity index (χ4v) is 1.44. The van der Waals surface area contributed by atoms with Crippen LogP contribution in [0.5, 0.6) is 0 Å². The molecular weight excluding hydrogens is 178 g/mol. The van der Waals surface area contributed by atoms with Crippen LogP contribution in [0, 0.1) is 11.3 Å². The number of nitrogens with zero attached hydrogens (tertiary/aromatic N) is 2. The van der Waals surface area contributed by atoms with Crippen LogP contribution in [-0.4, -0.2) is 24.2 Å². The Hall–Kier alpha value is -1.60. The minimum atomic E-state index is 0.330. The maximum absolute atomic E-state index is 8.69. The summed E-state index contributed by atoms with van der Waals surface area (Å²) in [5.74, 6) is 0.750. The Morgan fingerprint density at radius 2 is 2.57 bits per heavy atom. The average molecular weight is 189 g/mol. The number of rotatable bonds is 2. The molecule has 1 aromatic rings. The lowest BCUT2D eigenvalue weighted by molar-refractivity contribution is 0.195. The van der Waals surface area contributed by atoms with Gasteiger partial charge in [-0.1, -0.05) is 0 Å². The zero-order valence-corrected chi connectivity index (χ0v) is 7.73. The number of nitrogens with one attached hydrogen (secondary N) is 1. The zero-order valence-electron chi connectivity index (χ0n) is 7.73. The first-order valence-electron chi connectivity index (χ1n) is 4.59. The predicted octanol–water partition coefficient (Wildman–Crippen LogP) is 1.15. The van der Waals surface area contributed by atoms with Gasteiger partial charge in [-0.2, -0.15) is 5.26 Å². The molecule has 0 radical (unpaired) electrons. The van der Waals surface area contributed by atoms with Crippen LogP contribution in [0.1, 0.15) is 12.0 Å². The molecule has 14 heavy (non-hydrogen) atoms. The zero-order chi connectivity index (χ0) is 9.80. The summed E-state index contributed by atoms with van der Waals surface area (Å²) in [6, 6.07) is 5.85. The summed E-state index contributed by atoms with van der Waals surface area (Å²) in [6.07, 6.45) is 2.63. The van der Waals surface area contributed by atoms with Crippen molar-refractivity contribution in [3.8, 4) is 6.07 Å². The van der Waals surface area contributed by atoms with E-state index in [0.717, 1.165) is 25.5 Å². The molecule has 1 aliphatic rings. The van der Waals surface area contributed by atoms with Crippen molar-refractivity contribution in [2.75, 3.05) is 18.5 Å². The predicted molar refractivity (Wildman–Crippen MR) is 51.8 cm³/mol. The Labute approximate surface area is 82.5 Å². The highest BCUT2D eigenvalue weighted by Crippen LogP contribution is 2.12. The van der Waals surface area contributed by atoms with Gasteiger partial charge in [0.1, 0.15) is 5.82 Å². The van der Waals surface area contributed by atoms with Crippen LogP contribution in [0.25, 0.3) is 0 Å². The monoisotopic (exact) mass is 189 g/mol. The topological polar surface area (TPSA) is 57.9 Å². The van der Waals surface area contributed by atoms with E-state index < -0.39 is 0 Å². The molecule has 0 amide bonds. The van der Waals surface area contributed by atoms with Crippen molar-refractivity contribution in [2.24, 2.45) is 0 Å². The van der Waals surface area contributed by atoms with Crippen LogP contribution in [-0.2, 0) is 4.74 Å². The summed E-state index contributed by atoms with van der Waals surface area (Å²) in [4.78, 5) is 4.13. The van der Waals surface area contributed by atoms with Crippen LogP contribution in [0.3, 0.4) is 0 Å². The summed E-state index contributed by atoms with van der Waals surface area (Å²) < 4.78 is 5.23. The number of anilines is 1. The molecule has 1 N–H and O–H groups in total. The van der Waals surface area contributed by atoms with Gasteiger partial charge in [0, 0.05) is 12.8 Å². The Balaban J connectivity index is 2.05. The molecule has 0 spiro atoms. The second kappa shape index (κ2) is 4.07. The van der Waals surface area contributed by atoms with Gasteiger partial charge < -0.3 is 10.1 Å². The van der Waals surface area contributed by atoms with E-state index >= 15 is 0 Å². The minimum Gasteiger partial charge on any atom is -0.379 e. The summed E-state index contributed by atoms with van der Waals surface area (Å²) in [7, 11) is 0. The smallest absolute Gasteiger partial charge is 0.127 e. The lowest BCUT2D eigenvalue weighted by Gasteiger charge is -2.10. The molecular formula is C10H11N3O. The maximum Gasteiger partial charge on any atom is 0.127 e. The summed E-state index contributed by atoms with van der Waals surface area (Å²) in [5, 5.41) is 11.9. The largest absolute Gasteiger partial charge is 0.379 e. The molecule has 2 rings (SSSR count). The Kier molecular flexibility index (Phi) is 2.61. The van der Waals surface area contributed by atoms with Crippen molar-refractivity contribution in [1.82, 2.24) is 4.98 Å². The van der Waals surface area contributed by atoms with Gasteiger partial charge in [0.25, 0.3) is 0 Å². The molecule has 1 aromatic heterocycles. The van der Waals surface area contributed by atoms with Gasteiger partial charge in [-0.25, -0.2) is 4.98 Å². The van der Waals surface area contributed by atoms with Crippen molar-refractivity contribution in [2.45, 2.75) is 12.5 Å². The highest BCUT2D eigenvalue weighted by atomic mass is 16.5. The van der Waals surface area contributed by atoms with Gasteiger partial charge in [0.15, 0.2) is 0 Å². The summed E-state index contributed by atoms with van der Waals surface area (Å²) >= 11 is 0. The molecule has 72 valence electrons. The van der Waals surface area contributed by atoms with Gasteiger partial charge in [-0.15, -0.1) is 0 Å². The van der Waals surface area contributed by atoms with E-state index in [9.17, 15) is 0 Å². The Bertz CT molecular complexity index is 353. The van der Waals surface area contributed by atoms with Gasteiger partial charge in [-0.05, 0) is 18.6 Å². The molecule has 0 bridgehead atoms. The second-order valence-corrected chi connectivity index (χ2v) is 3.25. The molecule has 1 saturated heterocycles. The molecule has 1 fully saturated rings. The first-order valence-corrected chi connectivity index (χ1v) is 4.59. The van der Waals surface area contributed by atoms with E-state index in [0.29, 0.717) is 11.6 Å². The van der Waals surface area contributed by atoms with Crippen LogP contribution in [0.2, 0.25) is 0 Å². The van der Waals surface area contributed by atoms with E-state index in [1.807, 2.05) is 0 Å². The number of ether oxygens (including phenoxy) is 1. The second-order valence-electron chi connectivity index (χ2n) is 3.25. The fraction of sp³-hybridized carbons (Fsp3) is 0.400. The molecule has 1 aliphatic heterocycles. The molecule has 1 unspecified atom stereocenters. The van der Waals surface area contributed by atoms with Crippen molar-refractivity contribution in [1.29, 1.82) is 5.26 Å². The maximum atomic E-state index is 8.69. The molecule has 0 aromatic carbocycles. The highest BCUT2D eigenvalue weighted by molar-refractivity contribution is 5.43. The molecule has 2 heterocycles. The van der Waals surface area contributed by atoms with Crippen molar-refractivity contribution >= 4 is 5.82 Å². The third-order valence-corrected chi connectivity index (χ3v) is 2.17. The van der Waals surface area contributed by atoms with E-state index in [1.54, 1.807) is 18.3 Å². The number of hydrogen-bond donors (Lipinski definition) is 1. The highest BCUT2D eigenvalue weighted by Gasteiger charge is 2.15. The van der Waals surface area contributed by atoms with E-state index in [4.69, 9.17) is 10.00 Å². The Morgan fingerprint density at radius 3 is 3.29 bits per heavy atom. The van der Waals surface area contributed by atoms with Crippen LogP contribution < -0.4 is 5.32 Å². The number of nitriles is 1. The first-order chi connectivity index (χ1) is 6.88. The van der Waals surface area contributed by atoms with E-state index in [1.165, 1.54) is 0 Å². The van der Waals surface area contributed by atoms with Crippen LogP contribution in [0.15, 0.2) is 18.3 Å². The number of aromatic nitrogens is 1. The van der Waals surface area contributed by atoms with Crippen LogP contribution >= 0.6 is 0 Å². The van der Waals surface area contributed by atoms with Crippen LogP contribution in [0.4, 0.5) is 5.82 Å². The molecule has 4 nitrogen and oxygen atoms in total. The summed E-state index contributed by atoms with van der Waals surface area (Å²) in [6.45, 7) is 1.52. The Morgan fingerprint density at radius 1 is 1.64 bits per heavy atom. The van der Waals surface area contributed by atoms with E-state index in [-0.39, 0.29) is 0 Å². The molecule has 0 saturated carbocycles. The summed E-state index contributed by atoms with van der Waals surface area (Å²) in [5.41, 5.74) is 0.626. The van der Waals surface area contributed by atoms with Crippen molar-refractivity contribution in [3.05, 3.63) is 23.9 Å². The minimum absolute atomic E-state index is 0.330. The lowest BCUT2D eigenvalue weighted by Crippen LogP contribution is -2.19. The first kappa shape index (κ1) is 8.97. The van der Waals surface area contributed by atoms with Gasteiger partial charge in [0.05, 0.1) is 24.3 Å². The van der Waals surface area contributed by atoms with Crippen molar-refractivity contribution < 1.29 is 4.74 Å². The van der Waals surface area contributed by atoms with Gasteiger partial charge >= 0.3 is 0 Å². The number of pyridine rings is 1. The van der Waals surface area contributed by atoms with E-state index in [2.05, 4.69) is 16.4 Å². The quantitative estimate of drug-likeness (QED) is 0.758. The fourth-order valence-electron chi connectivity index (χ4n) is 1.44. The lowest BCUT2D eigenvalue weighted by atomic mass is 10.2. The third-order valence-electron chi connectivity index (χ3n) is 2.17. The average Bonchev–Trinajstić information content (AvgIpc) is 2.71. The van der Waals surface area contributed by atoms with Crippen molar-refractivity contribution in [3.63, 3.8) is 0 Å². The molecule has 0 aliphatic carbocycles. The van der Waals surface area contributed by atoms with Gasteiger partial charge in [0.2, 0.25) is 0 Å². The van der Waals surface area contributed by atoms with Gasteiger partial charge in [-0.3, -0.25) is 0 Å². The standard InChI is InChI=1S/C10H11N3O/c11-6-8-1-3-12-10(5-8)13-9-2-4-14-7-9/h1,3,5,9H,2,4,7H2,(H,12,13). The SMILES string of the molecule is N#Cc1ccnc(NC2CCOC2)c1. The molecule has 4 heteroatoms. The molecule has 1 atom stereocenters. The number of hydrogen-bond acceptors (Lipinski definition) is 4.